The van der Waals surface area contributed by atoms with Crippen LogP contribution in [0.3, 0.4) is 0 Å². The first-order valence-corrected chi connectivity index (χ1v) is 8.76. The molecule has 0 saturated heterocycles. The van der Waals surface area contributed by atoms with E-state index in [1.54, 1.807) is 6.20 Å². The van der Waals surface area contributed by atoms with Crippen LogP contribution < -0.4 is 10.6 Å². The van der Waals surface area contributed by atoms with Crippen molar-refractivity contribution in [2.75, 3.05) is 13.1 Å². The molecule has 2 aromatic rings. The Hall–Kier alpha value is -2.01. The first kappa shape index (κ1) is 16.8. The lowest BCUT2D eigenvalue weighted by Gasteiger charge is -2.19. The molecule has 0 radical (unpaired) electrons. The molecule has 0 unspecified atom stereocenters. The number of guanidine groups is 1. The highest BCUT2D eigenvalue weighted by Gasteiger charge is 2.44. The van der Waals surface area contributed by atoms with Gasteiger partial charge in [0, 0.05) is 36.8 Å². The van der Waals surface area contributed by atoms with Crippen molar-refractivity contribution >= 4 is 17.6 Å². The molecule has 1 aromatic carbocycles. The van der Waals surface area contributed by atoms with Crippen molar-refractivity contribution < 1.29 is 0 Å². The maximum absolute atomic E-state index is 6.00. The fourth-order valence-corrected chi connectivity index (χ4v) is 2.96. The van der Waals surface area contributed by atoms with Gasteiger partial charge in [0.2, 0.25) is 0 Å². The quantitative estimate of drug-likeness (QED) is 0.625. The van der Waals surface area contributed by atoms with Gasteiger partial charge in [0.05, 0.1) is 12.2 Å². The summed E-state index contributed by atoms with van der Waals surface area (Å²) < 4.78 is 1.85. The summed E-state index contributed by atoms with van der Waals surface area (Å²) in [5, 5.41) is 11.8. The predicted molar refractivity (Wildman–Crippen MR) is 98.4 cm³/mol. The highest BCUT2D eigenvalue weighted by Crippen LogP contribution is 2.47. The Balaban J connectivity index is 1.63. The van der Waals surface area contributed by atoms with Gasteiger partial charge in [-0.15, -0.1) is 0 Å². The molecule has 0 bridgehead atoms. The van der Waals surface area contributed by atoms with E-state index in [1.165, 1.54) is 18.4 Å². The lowest BCUT2D eigenvalue weighted by atomic mass is 9.96. The van der Waals surface area contributed by atoms with E-state index in [2.05, 4.69) is 39.8 Å². The van der Waals surface area contributed by atoms with Crippen LogP contribution in [0.2, 0.25) is 5.02 Å². The van der Waals surface area contributed by atoms with E-state index in [9.17, 15) is 0 Å². The zero-order valence-electron chi connectivity index (χ0n) is 14.2. The van der Waals surface area contributed by atoms with Gasteiger partial charge in [0.25, 0.3) is 0 Å². The predicted octanol–water partition coefficient (Wildman–Crippen LogP) is 2.86. The molecular weight excluding hydrogens is 322 g/mol. The first-order valence-electron chi connectivity index (χ1n) is 8.38. The van der Waals surface area contributed by atoms with Gasteiger partial charge >= 0.3 is 0 Å². The minimum Gasteiger partial charge on any atom is -0.357 e. The molecule has 1 heterocycles. The zero-order chi connectivity index (χ0) is 17.0. The summed E-state index contributed by atoms with van der Waals surface area (Å²) in [6, 6.07) is 10.2. The number of hydrogen-bond acceptors (Lipinski definition) is 2. The molecule has 2 N–H and O–H groups in total. The monoisotopic (exact) mass is 345 g/mol. The summed E-state index contributed by atoms with van der Waals surface area (Å²) in [5.41, 5.74) is 2.65. The fraction of sp³-hybridized carbons (Fsp3) is 0.444. The molecule has 0 atom stereocenters. The molecular formula is C18H24ClN5. The number of nitrogens with zero attached hydrogens (tertiary/aromatic N) is 3. The van der Waals surface area contributed by atoms with Crippen molar-refractivity contribution in [3.63, 3.8) is 0 Å². The fourth-order valence-electron chi connectivity index (χ4n) is 2.83. The van der Waals surface area contributed by atoms with E-state index in [1.807, 2.05) is 29.9 Å². The minimum absolute atomic E-state index is 0.216. The number of aromatic nitrogens is 2. The Kier molecular flexibility index (Phi) is 5.09. The van der Waals surface area contributed by atoms with Gasteiger partial charge in [-0.1, -0.05) is 23.7 Å². The van der Waals surface area contributed by atoms with Gasteiger partial charge in [-0.3, -0.25) is 4.68 Å². The molecule has 3 rings (SSSR count). The van der Waals surface area contributed by atoms with Crippen molar-refractivity contribution in [2.24, 2.45) is 12.0 Å². The number of halogens is 1. The number of rotatable bonds is 6. The lowest BCUT2D eigenvalue weighted by Crippen LogP contribution is -2.41. The van der Waals surface area contributed by atoms with Crippen LogP contribution in [0.25, 0.3) is 0 Å². The first-order chi connectivity index (χ1) is 11.6. The molecule has 1 aromatic heterocycles. The molecule has 24 heavy (non-hydrogen) atoms. The van der Waals surface area contributed by atoms with Gasteiger partial charge < -0.3 is 10.6 Å². The zero-order valence-corrected chi connectivity index (χ0v) is 15.0. The van der Waals surface area contributed by atoms with Gasteiger partial charge in [-0.25, -0.2) is 4.99 Å². The van der Waals surface area contributed by atoms with E-state index in [0.29, 0.717) is 6.54 Å². The van der Waals surface area contributed by atoms with Gasteiger partial charge in [0.15, 0.2) is 5.96 Å². The molecule has 1 aliphatic carbocycles. The number of hydrogen-bond donors (Lipinski definition) is 2. The standard InChI is InChI=1S/C18H24ClN5/c1-3-20-17(21-12-16-8-11-23-24(16)2)22-13-18(9-10-18)14-4-6-15(19)7-5-14/h4-8,11H,3,9-10,12-13H2,1-2H3,(H2,20,21,22). The summed E-state index contributed by atoms with van der Waals surface area (Å²) in [5.74, 6) is 0.846. The average Bonchev–Trinajstić information content (AvgIpc) is 3.26. The third kappa shape index (κ3) is 3.90. The van der Waals surface area contributed by atoms with Crippen molar-refractivity contribution in [3.8, 4) is 0 Å². The number of benzene rings is 1. The maximum atomic E-state index is 6.00. The molecule has 128 valence electrons. The minimum atomic E-state index is 0.216. The van der Waals surface area contributed by atoms with E-state index in [4.69, 9.17) is 11.6 Å². The van der Waals surface area contributed by atoms with E-state index >= 15 is 0 Å². The summed E-state index contributed by atoms with van der Waals surface area (Å²) in [6.07, 6.45) is 4.19. The van der Waals surface area contributed by atoms with E-state index in [-0.39, 0.29) is 5.41 Å². The van der Waals surface area contributed by atoms with Crippen molar-refractivity contribution in [1.29, 1.82) is 0 Å². The molecule has 1 fully saturated rings. The number of aliphatic imine (C=N–C) groups is 1. The number of nitrogens with one attached hydrogen (secondary N) is 2. The molecule has 5 nitrogen and oxygen atoms in total. The lowest BCUT2D eigenvalue weighted by molar-refractivity contribution is 0.643. The Morgan fingerprint density at radius 2 is 2.00 bits per heavy atom. The summed E-state index contributed by atoms with van der Waals surface area (Å²) in [6.45, 7) is 4.41. The van der Waals surface area contributed by atoms with Crippen LogP contribution in [0.5, 0.6) is 0 Å². The molecule has 0 aliphatic heterocycles. The van der Waals surface area contributed by atoms with Crippen LogP contribution in [0.4, 0.5) is 0 Å². The van der Waals surface area contributed by atoms with Crippen LogP contribution in [-0.4, -0.2) is 28.8 Å². The largest absolute Gasteiger partial charge is 0.357 e. The summed E-state index contributed by atoms with van der Waals surface area (Å²) in [4.78, 5) is 4.67. The highest BCUT2D eigenvalue weighted by atomic mass is 35.5. The summed E-state index contributed by atoms with van der Waals surface area (Å²) in [7, 11) is 1.94. The van der Waals surface area contributed by atoms with Crippen molar-refractivity contribution in [1.82, 2.24) is 20.4 Å². The molecule has 6 heteroatoms. The maximum Gasteiger partial charge on any atom is 0.191 e. The van der Waals surface area contributed by atoms with Crippen LogP contribution >= 0.6 is 11.6 Å². The second-order valence-corrected chi connectivity index (χ2v) is 6.72. The SMILES string of the molecule is CCNC(=NCc1ccnn1C)NCC1(c2ccc(Cl)cc2)CC1. The summed E-state index contributed by atoms with van der Waals surface area (Å²) >= 11 is 6.00. The molecule has 0 amide bonds. The Morgan fingerprint density at radius 1 is 1.25 bits per heavy atom. The second kappa shape index (κ2) is 7.26. The Labute approximate surface area is 148 Å². The molecule has 0 spiro atoms. The third-order valence-corrected chi connectivity index (χ3v) is 4.82. The van der Waals surface area contributed by atoms with Crippen molar-refractivity contribution in [2.45, 2.75) is 31.7 Å². The smallest absolute Gasteiger partial charge is 0.191 e. The van der Waals surface area contributed by atoms with Crippen LogP contribution in [0, 0.1) is 0 Å². The number of aryl methyl sites for hydroxylation is 1. The molecule has 1 saturated carbocycles. The normalized spacial score (nSPS) is 16.0. The van der Waals surface area contributed by atoms with Crippen molar-refractivity contribution in [3.05, 3.63) is 52.8 Å². The van der Waals surface area contributed by atoms with Crippen LogP contribution in [0.15, 0.2) is 41.5 Å². The second-order valence-electron chi connectivity index (χ2n) is 6.28. The van der Waals surface area contributed by atoms with Gasteiger partial charge in [-0.2, -0.15) is 5.10 Å². The topological polar surface area (TPSA) is 54.2 Å². The highest BCUT2D eigenvalue weighted by molar-refractivity contribution is 6.30. The van der Waals surface area contributed by atoms with Crippen LogP contribution in [0.1, 0.15) is 31.0 Å². The van der Waals surface area contributed by atoms with Gasteiger partial charge in [0.1, 0.15) is 0 Å². The third-order valence-electron chi connectivity index (χ3n) is 4.57. The van der Waals surface area contributed by atoms with E-state index < -0.39 is 0 Å². The Morgan fingerprint density at radius 3 is 2.58 bits per heavy atom. The Bertz CT molecular complexity index is 700. The van der Waals surface area contributed by atoms with E-state index in [0.717, 1.165) is 29.8 Å². The van der Waals surface area contributed by atoms with Crippen LogP contribution in [-0.2, 0) is 19.0 Å². The molecule has 1 aliphatic rings. The average molecular weight is 346 g/mol. The van der Waals surface area contributed by atoms with Gasteiger partial charge in [-0.05, 0) is 43.5 Å².